The standard InChI is InChI=1S/C13H18N2/c1-9-4-5-14-8-13(9)15-12-7-10-2-3-11(12)6-10/h4-5,8,10-12,15H,2-3,6-7H2,1H3/t10-,11-,12-/m1/s1. The van der Waals surface area contributed by atoms with Crippen molar-refractivity contribution >= 4 is 5.69 Å². The van der Waals surface area contributed by atoms with E-state index in [-0.39, 0.29) is 0 Å². The maximum atomic E-state index is 4.19. The van der Waals surface area contributed by atoms with Gasteiger partial charge in [0.25, 0.3) is 0 Å². The normalized spacial score (nSPS) is 33.3. The molecule has 1 aromatic rings. The molecule has 80 valence electrons. The van der Waals surface area contributed by atoms with Gasteiger partial charge in [0, 0.05) is 12.2 Å². The van der Waals surface area contributed by atoms with Crippen molar-refractivity contribution in [3.63, 3.8) is 0 Å². The second kappa shape index (κ2) is 3.51. The van der Waals surface area contributed by atoms with E-state index in [0.29, 0.717) is 6.04 Å². The summed E-state index contributed by atoms with van der Waals surface area (Å²) in [6, 6.07) is 2.79. The van der Waals surface area contributed by atoms with Crippen LogP contribution in [0.25, 0.3) is 0 Å². The van der Waals surface area contributed by atoms with E-state index < -0.39 is 0 Å². The Morgan fingerprint density at radius 3 is 2.93 bits per heavy atom. The van der Waals surface area contributed by atoms with Crippen molar-refractivity contribution in [3.8, 4) is 0 Å². The molecule has 0 spiro atoms. The van der Waals surface area contributed by atoms with Crippen LogP contribution in [0.2, 0.25) is 0 Å². The van der Waals surface area contributed by atoms with E-state index in [9.17, 15) is 0 Å². The molecule has 2 saturated carbocycles. The average Bonchev–Trinajstić information content (AvgIpc) is 2.83. The third-order valence-electron chi connectivity index (χ3n) is 4.12. The minimum absolute atomic E-state index is 0.714. The Morgan fingerprint density at radius 2 is 2.27 bits per heavy atom. The first-order valence-electron chi connectivity index (χ1n) is 6.00. The molecule has 0 radical (unpaired) electrons. The lowest BCUT2D eigenvalue weighted by molar-refractivity contribution is 0.439. The number of pyridine rings is 1. The van der Waals surface area contributed by atoms with Crippen molar-refractivity contribution < 1.29 is 0 Å². The molecule has 15 heavy (non-hydrogen) atoms. The summed E-state index contributed by atoms with van der Waals surface area (Å²) >= 11 is 0. The summed E-state index contributed by atoms with van der Waals surface area (Å²) in [6.45, 7) is 2.15. The number of fused-ring (bicyclic) bond motifs is 2. The highest BCUT2D eigenvalue weighted by atomic mass is 15.0. The fraction of sp³-hybridized carbons (Fsp3) is 0.615. The summed E-state index contributed by atoms with van der Waals surface area (Å²) in [5.41, 5.74) is 2.54. The van der Waals surface area contributed by atoms with Gasteiger partial charge >= 0.3 is 0 Å². The molecule has 1 heterocycles. The van der Waals surface area contributed by atoms with Crippen LogP contribution in [0.3, 0.4) is 0 Å². The molecule has 0 saturated heterocycles. The van der Waals surface area contributed by atoms with Gasteiger partial charge in [0.15, 0.2) is 0 Å². The lowest BCUT2D eigenvalue weighted by Crippen LogP contribution is -2.26. The van der Waals surface area contributed by atoms with Gasteiger partial charge in [-0.1, -0.05) is 6.42 Å². The minimum atomic E-state index is 0.714. The summed E-state index contributed by atoms with van der Waals surface area (Å²) in [6.07, 6.45) is 9.55. The van der Waals surface area contributed by atoms with Crippen LogP contribution in [0.1, 0.15) is 31.2 Å². The zero-order chi connectivity index (χ0) is 10.3. The highest BCUT2D eigenvalue weighted by Gasteiger charge is 2.39. The van der Waals surface area contributed by atoms with Crippen LogP contribution < -0.4 is 5.32 Å². The summed E-state index contributed by atoms with van der Waals surface area (Å²) in [5, 5.41) is 3.68. The molecule has 0 aromatic carbocycles. The van der Waals surface area contributed by atoms with Gasteiger partial charge in [-0.15, -0.1) is 0 Å². The van der Waals surface area contributed by atoms with Crippen LogP contribution in [-0.2, 0) is 0 Å². The van der Waals surface area contributed by atoms with Gasteiger partial charge in [-0.25, -0.2) is 0 Å². The lowest BCUT2D eigenvalue weighted by atomic mass is 9.95. The van der Waals surface area contributed by atoms with Gasteiger partial charge in [-0.3, -0.25) is 4.98 Å². The van der Waals surface area contributed by atoms with E-state index in [0.717, 1.165) is 11.8 Å². The van der Waals surface area contributed by atoms with E-state index >= 15 is 0 Å². The Kier molecular flexibility index (Phi) is 2.15. The molecule has 0 amide bonds. The first-order valence-corrected chi connectivity index (χ1v) is 6.00. The predicted molar refractivity (Wildman–Crippen MR) is 61.8 cm³/mol. The van der Waals surface area contributed by atoms with Gasteiger partial charge in [0.05, 0.1) is 11.9 Å². The number of aromatic nitrogens is 1. The molecule has 3 atom stereocenters. The van der Waals surface area contributed by atoms with E-state index in [1.54, 1.807) is 0 Å². The minimum Gasteiger partial charge on any atom is -0.381 e. The monoisotopic (exact) mass is 202 g/mol. The van der Waals surface area contributed by atoms with Crippen molar-refractivity contribution in [3.05, 3.63) is 24.0 Å². The average molecular weight is 202 g/mol. The third-order valence-corrected chi connectivity index (χ3v) is 4.12. The predicted octanol–water partition coefficient (Wildman–Crippen LogP) is 2.99. The molecule has 0 aliphatic heterocycles. The van der Waals surface area contributed by atoms with E-state index in [4.69, 9.17) is 0 Å². The van der Waals surface area contributed by atoms with Crippen molar-refractivity contribution in [2.24, 2.45) is 11.8 Å². The molecule has 2 heteroatoms. The number of nitrogens with zero attached hydrogens (tertiary/aromatic N) is 1. The van der Waals surface area contributed by atoms with Crippen LogP contribution in [0, 0.1) is 18.8 Å². The molecule has 2 nitrogen and oxygen atoms in total. The smallest absolute Gasteiger partial charge is 0.0558 e. The summed E-state index contributed by atoms with van der Waals surface area (Å²) in [5.74, 6) is 1.93. The number of aryl methyl sites for hydroxylation is 1. The summed E-state index contributed by atoms with van der Waals surface area (Å²) in [7, 11) is 0. The number of anilines is 1. The van der Waals surface area contributed by atoms with Gasteiger partial charge in [0.2, 0.25) is 0 Å². The molecule has 2 aliphatic rings. The molecule has 1 N–H and O–H groups in total. The fourth-order valence-electron chi connectivity index (χ4n) is 3.24. The Balaban J connectivity index is 1.73. The second-order valence-electron chi connectivity index (χ2n) is 5.12. The number of hydrogen-bond donors (Lipinski definition) is 1. The van der Waals surface area contributed by atoms with Gasteiger partial charge < -0.3 is 5.32 Å². The highest BCUT2D eigenvalue weighted by Crippen LogP contribution is 2.45. The molecule has 2 bridgehead atoms. The van der Waals surface area contributed by atoms with Crippen LogP contribution in [0.15, 0.2) is 18.5 Å². The fourth-order valence-corrected chi connectivity index (χ4v) is 3.24. The van der Waals surface area contributed by atoms with Gasteiger partial charge in [0.1, 0.15) is 0 Å². The van der Waals surface area contributed by atoms with Crippen molar-refractivity contribution in [2.45, 2.75) is 38.6 Å². The molecular formula is C13H18N2. The summed E-state index contributed by atoms with van der Waals surface area (Å²) < 4.78 is 0. The molecule has 3 rings (SSSR count). The SMILES string of the molecule is Cc1ccncc1N[C@@H]1C[C@@H]2CC[C@@H]1C2. The Morgan fingerprint density at radius 1 is 1.33 bits per heavy atom. The topological polar surface area (TPSA) is 24.9 Å². The largest absolute Gasteiger partial charge is 0.381 e. The van der Waals surface area contributed by atoms with Crippen LogP contribution in [0.4, 0.5) is 5.69 Å². The van der Waals surface area contributed by atoms with Crippen molar-refractivity contribution in [1.29, 1.82) is 0 Å². The first-order chi connectivity index (χ1) is 7.33. The lowest BCUT2D eigenvalue weighted by Gasteiger charge is -2.24. The number of hydrogen-bond acceptors (Lipinski definition) is 2. The molecule has 1 aromatic heterocycles. The Bertz CT molecular complexity index is 361. The van der Waals surface area contributed by atoms with Crippen molar-refractivity contribution in [2.75, 3.05) is 5.32 Å². The van der Waals surface area contributed by atoms with E-state index in [2.05, 4.69) is 23.3 Å². The number of rotatable bonds is 2. The quantitative estimate of drug-likeness (QED) is 0.797. The third kappa shape index (κ3) is 1.62. The number of nitrogens with one attached hydrogen (secondary N) is 1. The van der Waals surface area contributed by atoms with Gasteiger partial charge in [-0.05, 0) is 49.7 Å². The molecular weight excluding hydrogens is 184 g/mol. The second-order valence-corrected chi connectivity index (χ2v) is 5.12. The Hall–Kier alpha value is -1.05. The van der Waals surface area contributed by atoms with Gasteiger partial charge in [-0.2, -0.15) is 0 Å². The van der Waals surface area contributed by atoms with E-state index in [1.165, 1.54) is 36.9 Å². The zero-order valence-corrected chi connectivity index (χ0v) is 9.24. The molecule has 0 unspecified atom stereocenters. The summed E-state index contributed by atoms with van der Waals surface area (Å²) in [4.78, 5) is 4.19. The molecule has 2 aliphatic carbocycles. The molecule has 2 fully saturated rings. The van der Waals surface area contributed by atoms with Crippen molar-refractivity contribution in [1.82, 2.24) is 4.98 Å². The maximum absolute atomic E-state index is 4.19. The first kappa shape index (κ1) is 9.20. The van der Waals surface area contributed by atoms with Crippen LogP contribution >= 0.6 is 0 Å². The highest BCUT2D eigenvalue weighted by molar-refractivity contribution is 5.49. The van der Waals surface area contributed by atoms with Crippen LogP contribution in [0.5, 0.6) is 0 Å². The van der Waals surface area contributed by atoms with E-state index in [1.807, 2.05) is 12.4 Å². The van der Waals surface area contributed by atoms with Crippen LogP contribution in [-0.4, -0.2) is 11.0 Å². The zero-order valence-electron chi connectivity index (χ0n) is 9.24. The Labute approximate surface area is 91.1 Å². The maximum Gasteiger partial charge on any atom is 0.0558 e.